The minimum absolute atomic E-state index is 0. The van der Waals surface area contributed by atoms with Gasteiger partial charge in [-0.15, -0.1) is 0 Å². The number of allylic oxidation sites excluding steroid dienone is 2. The molecule has 0 N–H and O–H groups in total. The second kappa shape index (κ2) is 15.6. The van der Waals surface area contributed by atoms with Gasteiger partial charge < -0.3 is 24.8 Å². The van der Waals surface area contributed by atoms with Crippen LogP contribution in [0.1, 0.15) is 43.5 Å². The van der Waals surface area contributed by atoms with Crippen LogP contribution in [0.5, 0.6) is 0 Å². The van der Waals surface area contributed by atoms with Gasteiger partial charge in [0.25, 0.3) is 0 Å². The van der Waals surface area contributed by atoms with E-state index in [2.05, 4.69) is 174 Å². The molecular formula is C44H44Cl2HfSi2. The Morgan fingerprint density at radius 3 is 1.24 bits per heavy atom. The van der Waals surface area contributed by atoms with Crippen LogP contribution in [0.2, 0.25) is 26.2 Å². The van der Waals surface area contributed by atoms with Crippen molar-refractivity contribution < 1.29 is 47.7 Å². The monoisotopic (exact) mass is 878 g/mol. The van der Waals surface area contributed by atoms with Crippen LogP contribution in [0.4, 0.5) is 0 Å². The molecule has 0 aromatic heterocycles. The van der Waals surface area contributed by atoms with Crippen LogP contribution in [-0.2, 0) is 22.9 Å². The van der Waals surface area contributed by atoms with Gasteiger partial charge in [0.05, 0.1) is 0 Å². The Morgan fingerprint density at radius 1 is 0.490 bits per heavy atom. The molecule has 5 heteroatoms. The normalized spacial score (nSPS) is 16.1. The summed E-state index contributed by atoms with van der Waals surface area (Å²) in [4.78, 5) is 0. The van der Waals surface area contributed by atoms with Crippen molar-refractivity contribution in [2.45, 2.75) is 47.4 Å². The number of rotatable bonds is 5. The molecule has 0 saturated carbocycles. The Bertz CT molecular complexity index is 2030. The van der Waals surface area contributed by atoms with Gasteiger partial charge in [-0.05, 0) is 0 Å². The predicted molar refractivity (Wildman–Crippen MR) is 209 cm³/mol. The number of hydrogen-bond donors (Lipinski definition) is 0. The minimum atomic E-state index is -1.22. The third-order valence-corrected chi connectivity index (χ3v) is 26.5. The van der Waals surface area contributed by atoms with Crippen molar-refractivity contribution in [3.05, 3.63) is 155 Å². The molecule has 2 aliphatic carbocycles. The van der Waals surface area contributed by atoms with Crippen molar-refractivity contribution in [1.82, 2.24) is 0 Å². The molecule has 0 aliphatic heterocycles. The molecule has 2 unspecified atom stereocenters. The van der Waals surface area contributed by atoms with E-state index in [1.54, 1.807) is 22.3 Å². The molecule has 6 aromatic carbocycles. The van der Waals surface area contributed by atoms with E-state index in [0.29, 0.717) is 16.4 Å². The molecule has 0 spiro atoms. The van der Waals surface area contributed by atoms with E-state index in [4.69, 9.17) is 0 Å². The largest absolute Gasteiger partial charge is 1.00 e. The molecular weight excluding hydrogens is 834 g/mol. The molecule has 0 nitrogen and oxygen atoms in total. The molecule has 8 rings (SSSR count). The van der Waals surface area contributed by atoms with E-state index in [0.717, 1.165) is 0 Å². The first-order valence-electron chi connectivity index (χ1n) is 17.1. The summed E-state index contributed by atoms with van der Waals surface area (Å²) in [6.07, 6.45) is 5.01. The van der Waals surface area contributed by atoms with Gasteiger partial charge in [-0.25, -0.2) is 0 Å². The van der Waals surface area contributed by atoms with Gasteiger partial charge in [0.15, 0.2) is 0 Å². The molecule has 0 amide bonds. The average molecular weight is 878 g/mol. The van der Waals surface area contributed by atoms with Crippen molar-refractivity contribution in [3.63, 3.8) is 0 Å². The summed E-state index contributed by atoms with van der Waals surface area (Å²) in [5.41, 5.74) is 14.6. The number of halogens is 2. The van der Waals surface area contributed by atoms with E-state index in [-0.39, 0.29) is 24.8 Å². The molecule has 0 radical (unpaired) electrons. The number of hydrogen-bond acceptors (Lipinski definition) is 0. The summed E-state index contributed by atoms with van der Waals surface area (Å²) in [5.74, 6) is 0. The van der Waals surface area contributed by atoms with Gasteiger partial charge in [0.1, 0.15) is 0 Å². The Morgan fingerprint density at radius 2 is 0.837 bits per heavy atom. The van der Waals surface area contributed by atoms with Gasteiger partial charge in [0, 0.05) is 16.6 Å². The summed E-state index contributed by atoms with van der Waals surface area (Å²) >= 11 is -1.22. The van der Waals surface area contributed by atoms with Crippen molar-refractivity contribution >= 4 is 50.3 Å². The second-order valence-corrected chi connectivity index (χ2v) is 34.1. The van der Waals surface area contributed by atoms with Crippen LogP contribution < -0.4 is 24.8 Å². The van der Waals surface area contributed by atoms with E-state index in [1.807, 2.05) is 0 Å². The van der Waals surface area contributed by atoms with Crippen molar-refractivity contribution in [1.29, 1.82) is 0 Å². The summed E-state index contributed by atoms with van der Waals surface area (Å²) in [6, 6.07) is 45.1. The third kappa shape index (κ3) is 7.48. The summed E-state index contributed by atoms with van der Waals surface area (Å²) in [7, 11) is -0.101. The van der Waals surface area contributed by atoms with Gasteiger partial charge in [-0.2, -0.15) is 0 Å². The zero-order chi connectivity index (χ0) is 32.7. The molecule has 0 saturated heterocycles. The number of fused-ring (bicyclic) bond motifs is 4. The molecule has 0 fully saturated rings. The van der Waals surface area contributed by atoms with Gasteiger partial charge in [-0.1, -0.05) is 26.2 Å². The van der Waals surface area contributed by atoms with Crippen LogP contribution >= 0.6 is 0 Å². The van der Waals surface area contributed by atoms with Crippen LogP contribution in [0.3, 0.4) is 0 Å². The first-order valence-corrected chi connectivity index (χ1v) is 28.5. The van der Waals surface area contributed by atoms with Gasteiger partial charge >= 0.3 is 255 Å². The smallest absolute Gasteiger partial charge is 0.0307 e. The van der Waals surface area contributed by atoms with Crippen molar-refractivity contribution in [3.8, 4) is 22.3 Å². The maximum atomic E-state index is 2.51. The topological polar surface area (TPSA) is 0 Å². The maximum absolute atomic E-state index is 2.51. The minimum Gasteiger partial charge on any atom is -1.00 e. The average Bonchev–Trinajstić information content (AvgIpc) is 3.59. The Labute approximate surface area is 319 Å². The summed E-state index contributed by atoms with van der Waals surface area (Å²) in [5, 5.41) is 5.29. The Hall–Kier alpha value is -2.80. The van der Waals surface area contributed by atoms with Crippen LogP contribution in [0, 0.1) is 0 Å². The molecule has 6 aromatic rings. The Kier molecular flexibility index (Phi) is 11.9. The van der Waals surface area contributed by atoms with Crippen molar-refractivity contribution in [2.75, 3.05) is 0 Å². The first kappa shape index (κ1) is 37.5. The predicted octanol–water partition coefficient (Wildman–Crippen LogP) is 6.07. The van der Waals surface area contributed by atoms with E-state index in [1.165, 1.54) is 54.9 Å². The van der Waals surface area contributed by atoms with Crippen LogP contribution in [0.15, 0.2) is 132 Å². The van der Waals surface area contributed by atoms with Crippen LogP contribution in [0.25, 0.3) is 56.0 Å². The maximum Gasteiger partial charge on any atom is 0.0307 e. The van der Waals surface area contributed by atoms with Gasteiger partial charge in [-0.3, -0.25) is 0 Å². The molecule has 246 valence electrons. The zero-order valence-corrected chi connectivity index (χ0v) is 36.8. The quantitative estimate of drug-likeness (QED) is 0.185. The zero-order valence-electron chi connectivity index (χ0n) is 29.3. The van der Waals surface area contributed by atoms with E-state index >= 15 is 0 Å². The summed E-state index contributed by atoms with van der Waals surface area (Å²) < 4.78 is 1.22. The first-order chi connectivity index (χ1) is 22.7. The van der Waals surface area contributed by atoms with Gasteiger partial charge in [0.2, 0.25) is 0 Å². The van der Waals surface area contributed by atoms with E-state index < -0.39 is 30.5 Å². The van der Waals surface area contributed by atoms with Crippen molar-refractivity contribution in [2.24, 2.45) is 0 Å². The number of benzene rings is 6. The third-order valence-electron chi connectivity index (χ3n) is 10.1. The molecule has 0 bridgehead atoms. The molecule has 0 heterocycles. The fourth-order valence-electron chi connectivity index (χ4n) is 7.10. The van der Waals surface area contributed by atoms with Crippen LogP contribution in [-0.4, -0.2) is 16.6 Å². The SMILES string of the molecule is CC1=Cc2c(-c3cccc4ccccc34)cccc2[CH]1[Hf+2][CH]1C(C)=Cc2c(-c3cccc4ccccc34)cccc21.C[SiH2][Si](C)(C)C.[Cl-].[Cl-]. The molecule has 49 heavy (non-hydrogen) atoms. The fourth-order valence-corrected chi connectivity index (χ4v) is 13.9. The molecule has 2 aliphatic rings. The Balaban J connectivity index is 0.000000540. The fraction of sp³-hybridized carbons (Fsp3) is 0.182. The van der Waals surface area contributed by atoms with E-state index in [9.17, 15) is 0 Å². The second-order valence-electron chi connectivity index (χ2n) is 14.4. The molecule has 2 atom stereocenters. The summed E-state index contributed by atoms with van der Waals surface area (Å²) in [6.45, 7) is 14.5. The standard InChI is InChI=1S/2C20H15.C4H14Si2.2ClH.Hf/c2*1-14-12-16-8-5-11-19(20(16)13-14)18-10-4-7-15-6-2-3-9-17(15)18;1-5-6(2,3)4;;;/h2*2-13H,1H3;5H2,1-4H3;2*1H;/q;;;;;+2/p-2.